The van der Waals surface area contributed by atoms with Gasteiger partial charge in [-0.15, -0.1) is 6.42 Å². The van der Waals surface area contributed by atoms with E-state index in [9.17, 15) is 5.11 Å². The minimum atomic E-state index is -1.38. The average molecular weight is 178 g/mol. The Morgan fingerprint density at radius 3 is 2.85 bits per heavy atom. The fourth-order valence-corrected chi connectivity index (χ4v) is 0.791. The molecule has 0 aromatic carbocycles. The highest BCUT2D eigenvalue weighted by molar-refractivity contribution is 5.25. The Hall–Kier alpha value is -1.60. The zero-order valence-corrected chi connectivity index (χ0v) is 7.48. The quantitative estimate of drug-likeness (QED) is 0.663. The summed E-state index contributed by atoms with van der Waals surface area (Å²) in [6.45, 7) is 1.48. The van der Waals surface area contributed by atoms with E-state index in [1.807, 2.05) is 0 Å². The zero-order chi connectivity index (χ0) is 9.90. The number of aliphatic hydroxyl groups is 1. The summed E-state index contributed by atoms with van der Waals surface area (Å²) in [5.41, 5.74) is -1.03. The lowest BCUT2D eigenvalue weighted by atomic mass is 10.0. The Balaban J connectivity index is 3.10. The first kappa shape index (κ1) is 9.49. The van der Waals surface area contributed by atoms with Gasteiger partial charge in [-0.3, -0.25) is 0 Å². The Morgan fingerprint density at radius 1 is 1.62 bits per heavy atom. The summed E-state index contributed by atoms with van der Waals surface area (Å²) < 4.78 is 4.86. The van der Waals surface area contributed by atoms with Crippen molar-refractivity contribution in [2.75, 3.05) is 7.11 Å². The Bertz CT molecular complexity index is 342. The molecule has 1 aromatic rings. The molecule has 0 saturated heterocycles. The van der Waals surface area contributed by atoms with Crippen molar-refractivity contribution in [3.8, 4) is 18.2 Å². The Morgan fingerprint density at radius 2 is 2.31 bits per heavy atom. The SMILES string of the molecule is C#CC(C)(O)c1cc(OC)ncn1. The van der Waals surface area contributed by atoms with Gasteiger partial charge in [0.1, 0.15) is 6.33 Å². The highest BCUT2D eigenvalue weighted by Crippen LogP contribution is 2.19. The number of methoxy groups -OCH3 is 1. The van der Waals surface area contributed by atoms with Crippen LogP contribution in [0.15, 0.2) is 12.4 Å². The van der Waals surface area contributed by atoms with E-state index in [-0.39, 0.29) is 0 Å². The minimum absolute atomic E-state index is 0.349. The first-order valence-corrected chi connectivity index (χ1v) is 3.67. The van der Waals surface area contributed by atoms with Crippen molar-refractivity contribution >= 4 is 0 Å². The summed E-state index contributed by atoms with van der Waals surface area (Å²) in [4.78, 5) is 7.64. The van der Waals surface area contributed by atoms with Crippen LogP contribution < -0.4 is 4.74 Å². The number of aromatic nitrogens is 2. The van der Waals surface area contributed by atoms with Crippen LogP contribution >= 0.6 is 0 Å². The zero-order valence-electron chi connectivity index (χ0n) is 7.48. The smallest absolute Gasteiger partial charge is 0.216 e. The lowest BCUT2D eigenvalue weighted by Crippen LogP contribution is -2.20. The molecule has 4 nitrogen and oxygen atoms in total. The van der Waals surface area contributed by atoms with Gasteiger partial charge < -0.3 is 9.84 Å². The van der Waals surface area contributed by atoms with Crippen LogP contribution in [0.25, 0.3) is 0 Å². The fourth-order valence-electron chi connectivity index (χ4n) is 0.791. The normalized spacial score (nSPS) is 14.3. The summed E-state index contributed by atoms with van der Waals surface area (Å²) >= 11 is 0. The third-order valence-electron chi connectivity index (χ3n) is 1.63. The molecule has 0 fully saturated rings. The summed E-state index contributed by atoms with van der Waals surface area (Å²) in [5, 5.41) is 9.63. The van der Waals surface area contributed by atoms with E-state index < -0.39 is 5.60 Å². The first-order valence-electron chi connectivity index (χ1n) is 3.67. The maximum absolute atomic E-state index is 9.63. The van der Waals surface area contributed by atoms with E-state index in [1.54, 1.807) is 0 Å². The lowest BCUT2D eigenvalue weighted by molar-refractivity contribution is 0.117. The molecule has 1 aromatic heterocycles. The van der Waals surface area contributed by atoms with E-state index in [1.165, 1.54) is 26.4 Å². The van der Waals surface area contributed by atoms with Gasteiger partial charge in [-0.25, -0.2) is 9.97 Å². The number of rotatable bonds is 2. The van der Waals surface area contributed by atoms with E-state index in [0.717, 1.165) is 0 Å². The molecular formula is C9H10N2O2. The van der Waals surface area contributed by atoms with Crippen molar-refractivity contribution in [3.63, 3.8) is 0 Å². The van der Waals surface area contributed by atoms with Crippen LogP contribution in [-0.4, -0.2) is 22.2 Å². The van der Waals surface area contributed by atoms with Gasteiger partial charge in [0.2, 0.25) is 5.88 Å². The molecule has 4 heteroatoms. The molecule has 0 spiro atoms. The molecule has 1 rings (SSSR count). The van der Waals surface area contributed by atoms with Gasteiger partial charge in [0.25, 0.3) is 0 Å². The number of hydrogen-bond acceptors (Lipinski definition) is 4. The molecule has 1 atom stereocenters. The average Bonchev–Trinajstić information content (AvgIpc) is 2.18. The topological polar surface area (TPSA) is 55.2 Å². The number of nitrogens with zero attached hydrogens (tertiary/aromatic N) is 2. The van der Waals surface area contributed by atoms with Gasteiger partial charge in [-0.05, 0) is 6.92 Å². The van der Waals surface area contributed by atoms with Gasteiger partial charge in [0, 0.05) is 6.07 Å². The van der Waals surface area contributed by atoms with Gasteiger partial charge in [-0.2, -0.15) is 0 Å². The Kier molecular flexibility index (Phi) is 2.49. The number of ether oxygens (including phenoxy) is 1. The number of hydrogen-bond donors (Lipinski definition) is 1. The van der Waals surface area contributed by atoms with Crippen LogP contribution in [0, 0.1) is 12.3 Å². The molecule has 68 valence electrons. The Labute approximate surface area is 76.6 Å². The van der Waals surface area contributed by atoms with Crippen molar-refractivity contribution in [3.05, 3.63) is 18.1 Å². The molecule has 0 radical (unpaired) electrons. The summed E-state index contributed by atoms with van der Waals surface area (Å²) in [7, 11) is 1.48. The first-order chi connectivity index (χ1) is 6.10. The highest BCUT2D eigenvalue weighted by atomic mass is 16.5. The van der Waals surface area contributed by atoms with Gasteiger partial charge in [-0.1, -0.05) is 5.92 Å². The summed E-state index contributed by atoms with van der Waals surface area (Å²) in [5.74, 6) is 2.59. The molecule has 13 heavy (non-hydrogen) atoms. The molecule has 0 aliphatic carbocycles. The van der Waals surface area contributed by atoms with Crippen LogP contribution in [-0.2, 0) is 5.60 Å². The molecule has 0 bridgehead atoms. The molecule has 1 heterocycles. The third-order valence-corrected chi connectivity index (χ3v) is 1.63. The van der Waals surface area contributed by atoms with E-state index >= 15 is 0 Å². The predicted octanol–water partition coefficient (Wildman–Crippen LogP) is 0.326. The summed E-state index contributed by atoms with van der Waals surface area (Å²) in [6, 6.07) is 1.50. The van der Waals surface area contributed by atoms with Crippen molar-refractivity contribution in [1.29, 1.82) is 0 Å². The van der Waals surface area contributed by atoms with Crippen LogP contribution in [0.3, 0.4) is 0 Å². The molecule has 0 amide bonds. The monoisotopic (exact) mass is 178 g/mol. The second-order valence-corrected chi connectivity index (χ2v) is 2.66. The largest absolute Gasteiger partial charge is 0.481 e. The molecular weight excluding hydrogens is 168 g/mol. The van der Waals surface area contributed by atoms with Gasteiger partial charge in [0.15, 0.2) is 5.60 Å². The molecule has 1 N–H and O–H groups in total. The third kappa shape index (κ3) is 1.95. The fraction of sp³-hybridized carbons (Fsp3) is 0.333. The van der Waals surface area contributed by atoms with E-state index in [2.05, 4.69) is 15.9 Å². The highest BCUT2D eigenvalue weighted by Gasteiger charge is 2.21. The van der Waals surface area contributed by atoms with Crippen LogP contribution in [0.4, 0.5) is 0 Å². The van der Waals surface area contributed by atoms with E-state index in [4.69, 9.17) is 11.2 Å². The molecule has 0 aliphatic rings. The number of terminal acetylenes is 1. The van der Waals surface area contributed by atoms with Crippen molar-refractivity contribution in [1.82, 2.24) is 9.97 Å². The van der Waals surface area contributed by atoms with Crippen molar-refractivity contribution in [2.24, 2.45) is 0 Å². The summed E-state index contributed by atoms with van der Waals surface area (Å²) in [6.07, 6.45) is 6.42. The predicted molar refractivity (Wildman–Crippen MR) is 47.0 cm³/mol. The van der Waals surface area contributed by atoms with Crippen LogP contribution in [0.2, 0.25) is 0 Å². The van der Waals surface area contributed by atoms with Crippen molar-refractivity contribution < 1.29 is 9.84 Å². The van der Waals surface area contributed by atoms with Crippen LogP contribution in [0.5, 0.6) is 5.88 Å². The molecule has 0 saturated carbocycles. The molecule has 0 aliphatic heterocycles. The second-order valence-electron chi connectivity index (χ2n) is 2.66. The van der Waals surface area contributed by atoms with Crippen molar-refractivity contribution in [2.45, 2.75) is 12.5 Å². The maximum Gasteiger partial charge on any atom is 0.216 e. The van der Waals surface area contributed by atoms with Crippen LogP contribution in [0.1, 0.15) is 12.6 Å². The van der Waals surface area contributed by atoms with Gasteiger partial charge in [0.05, 0.1) is 12.8 Å². The minimum Gasteiger partial charge on any atom is -0.481 e. The van der Waals surface area contributed by atoms with Gasteiger partial charge >= 0.3 is 0 Å². The second kappa shape index (κ2) is 3.42. The lowest BCUT2D eigenvalue weighted by Gasteiger charge is -2.14. The standard InChI is InChI=1S/C9H10N2O2/c1-4-9(2,12)7-5-8(13-3)11-6-10-7/h1,5-6,12H,2-3H3. The maximum atomic E-state index is 9.63. The van der Waals surface area contributed by atoms with E-state index in [0.29, 0.717) is 11.6 Å². The molecule has 1 unspecified atom stereocenters.